The van der Waals surface area contributed by atoms with Crippen LogP contribution < -0.4 is 4.90 Å². The molecule has 2 aliphatic rings. The number of carbonyl (C=O) groups is 1. The van der Waals surface area contributed by atoms with Crippen molar-refractivity contribution in [3.8, 4) is 0 Å². The number of piperazine rings is 1. The summed E-state index contributed by atoms with van der Waals surface area (Å²) >= 11 is 0. The molecule has 1 N–H and O–H groups in total. The minimum absolute atomic E-state index is 0.105. The fraction of sp³-hybridized carbons (Fsp3) is 0.500. The summed E-state index contributed by atoms with van der Waals surface area (Å²) < 4.78 is 40.9. The van der Waals surface area contributed by atoms with Crippen molar-refractivity contribution in [1.82, 2.24) is 14.7 Å². The summed E-state index contributed by atoms with van der Waals surface area (Å²) in [5.41, 5.74) is 1.31. The Labute approximate surface area is 161 Å². The third kappa shape index (κ3) is 3.92. The van der Waals surface area contributed by atoms with Gasteiger partial charge in [0, 0.05) is 16.8 Å². The minimum Gasteiger partial charge on any atom is -0.330 e. The number of carbonyl (C=O) groups excluding carboxylic acids is 1. The van der Waals surface area contributed by atoms with Crippen LogP contribution in [-0.4, -0.2) is 46.8 Å². The molecular weight excluding hydrogens is 369 g/mol. The lowest BCUT2D eigenvalue weighted by Gasteiger charge is -2.32. The fourth-order valence-electron chi connectivity index (χ4n) is 4.23. The highest BCUT2D eigenvalue weighted by Gasteiger charge is 2.40. The number of benzene rings is 1. The van der Waals surface area contributed by atoms with Gasteiger partial charge in [-0.05, 0) is 19.3 Å². The van der Waals surface area contributed by atoms with E-state index in [1.807, 2.05) is 18.2 Å². The molecule has 1 saturated heterocycles. The van der Waals surface area contributed by atoms with Crippen LogP contribution in [0.4, 0.5) is 13.2 Å². The zero-order valence-electron chi connectivity index (χ0n) is 15.6. The zero-order chi connectivity index (χ0) is 19.7. The number of halogens is 3. The lowest BCUT2D eigenvalue weighted by molar-refractivity contribution is -0.917. The second-order valence-electron chi connectivity index (χ2n) is 7.58. The van der Waals surface area contributed by atoms with Gasteiger partial charge in [0.25, 0.3) is 0 Å². The molecule has 1 amide bonds. The topological polar surface area (TPSA) is 42.6 Å². The van der Waals surface area contributed by atoms with Crippen LogP contribution in [-0.2, 0) is 36.9 Å². The normalized spacial score (nSPS) is 17.8. The second kappa shape index (κ2) is 7.58. The monoisotopic (exact) mass is 393 g/mol. The van der Waals surface area contributed by atoms with E-state index in [0.717, 1.165) is 19.6 Å². The summed E-state index contributed by atoms with van der Waals surface area (Å²) in [4.78, 5) is 15.8. The first kappa shape index (κ1) is 19.0. The van der Waals surface area contributed by atoms with Crippen LogP contribution in [0.15, 0.2) is 30.3 Å². The molecule has 0 unspecified atom stereocenters. The van der Waals surface area contributed by atoms with Gasteiger partial charge in [0.05, 0.1) is 26.2 Å². The van der Waals surface area contributed by atoms with Gasteiger partial charge in [-0.1, -0.05) is 30.3 Å². The van der Waals surface area contributed by atoms with E-state index in [2.05, 4.69) is 17.2 Å². The third-order valence-electron chi connectivity index (χ3n) is 5.68. The molecule has 4 rings (SSSR count). The van der Waals surface area contributed by atoms with Crippen molar-refractivity contribution >= 4 is 5.91 Å². The van der Waals surface area contributed by atoms with Crippen LogP contribution in [0.3, 0.4) is 0 Å². The number of fused-ring (bicyclic) bond motifs is 1. The Bertz CT molecular complexity index is 839. The quantitative estimate of drug-likeness (QED) is 0.852. The highest BCUT2D eigenvalue weighted by Crippen LogP contribution is 2.36. The molecular formula is C20H24F3N4O+. The van der Waals surface area contributed by atoms with Gasteiger partial charge in [0.15, 0.2) is 5.69 Å². The molecule has 0 saturated carbocycles. The molecule has 1 aromatic heterocycles. The first-order valence-electron chi connectivity index (χ1n) is 9.73. The second-order valence-corrected chi connectivity index (χ2v) is 7.58. The molecule has 0 bridgehead atoms. The van der Waals surface area contributed by atoms with E-state index in [0.29, 0.717) is 38.0 Å². The Morgan fingerprint density at radius 2 is 1.82 bits per heavy atom. The predicted octanol–water partition coefficient (Wildman–Crippen LogP) is 1.32. The highest BCUT2D eigenvalue weighted by molar-refractivity contribution is 5.76. The van der Waals surface area contributed by atoms with Gasteiger partial charge < -0.3 is 9.80 Å². The molecule has 0 radical (unpaired) electrons. The average Bonchev–Trinajstić information content (AvgIpc) is 3.26. The van der Waals surface area contributed by atoms with Crippen molar-refractivity contribution in [3.63, 3.8) is 0 Å². The van der Waals surface area contributed by atoms with E-state index in [1.54, 1.807) is 4.90 Å². The van der Waals surface area contributed by atoms with E-state index in [1.165, 1.54) is 15.1 Å². The Kier molecular flexibility index (Phi) is 5.14. The van der Waals surface area contributed by atoms with E-state index in [4.69, 9.17) is 0 Å². The molecule has 1 fully saturated rings. The number of alkyl halides is 3. The van der Waals surface area contributed by atoms with E-state index in [-0.39, 0.29) is 18.0 Å². The molecule has 28 heavy (non-hydrogen) atoms. The molecule has 2 heterocycles. The first-order chi connectivity index (χ1) is 13.4. The number of rotatable bonds is 4. The third-order valence-corrected chi connectivity index (χ3v) is 5.68. The van der Waals surface area contributed by atoms with Gasteiger partial charge in [-0.15, -0.1) is 0 Å². The number of nitrogens with zero attached hydrogens (tertiary/aromatic N) is 3. The van der Waals surface area contributed by atoms with Crippen molar-refractivity contribution in [3.05, 3.63) is 52.8 Å². The maximum atomic E-state index is 13.2. The SMILES string of the molecule is O=C(Cn1nc(C(F)(F)F)c2c1CCC2)N1CC[NH+](Cc2ccccc2)CC1. The van der Waals surface area contributed by atoms with E-state index in [9.17, 15) is 18.0 Å². The van der Waals surface area contributed by atoms with Crippen LogP contribution in [0.2, 0.25) is 0 Å². The minimum atomic E-state index is -4.46. The molecule has 1 aliphatic heterocycles. The molecule has 0 atom stereocenters. The summed E-state index contributed by atoms with van der Waals surface area (Å²) in [5, 5.41) is 3.75. The standard InChI is InChI=1S/C20H23F3N4O/c21-20(22,23)19-16-7-4-8-17(16)27(24-19)14-18(28)26-11-9-25(10-12-26)13-15-5-2-1-3-6-15/h1-3,5-6H,4,7-14H2/p+1. The lowest BCUT2D eigenvalue weighted by atomic mass is 10.2. The summed E-state index contributed by atoms with van der Waals surface area (Å²) in [6.07, 6.45) is -2.83. The lowest BCUT2D eigenvalue weighted by Crippen LogP contribution is -3.13. The number of hydrogen-bond donors (Lipinski definition) is 1. The highest BCUT2D eigenvalue weighted by atomic mass is 19.4. The smallest absolute Gasteiger partial charge is 0.330 e. The van der Waals surface area contributed by atoms with Crippen molar-refractivity contribution in [1.29, 1.82) is 0 Å². The maximum absolute atomic E-state index is 13.2. The van der Waals surface area contributed by atoms with Gasteiger partial charge in [0.2, 0.25) is 5.91 Å². The van der Waals surface area contributed by atoms with Crippen LogP contribution in [0, 0.1) is 0 Å². The number of amides is 1. The van der Waals surface area contributed by atoms with Gasteiger partial charge in [-0.25, -0.2) is 0 Å². The Balaban J connectivity index is 1.37. The van der Waals surface area contributed by atoms with E-state index < -0.39 is 11.9 Å². The number of hydrogen-bond acceptors (Lipinski definition) is 2. The Morgan fingerprint density at radius 1 is 1.11 bits per heavy atom. The summed E-state index contributed by atoms with van der Waals surface area (Å²) in [6.45, 7) is 3.74. The molecule has 0 spiro atoms. The number of aromatic nitrogens is 2. The van der Waals surface area contributed by atoms with Crippen molar-refractivity contribution in [2.75, 3.05) is 26.2 Å². The Morgan fingerprint density at radius 3 is 2.50 bits per heavy atom. The van der Waals surface area contributed by atoms with Crippen molar-refractivity contribution in [2.45, 2.75) is 38.5 Å². The zero-order valence-corrected chi connectivity index (χ0v) is 15.6. The van der Waals surface area contributed by atoms with Crippen LogP contribution in [0.5, 0.6) is 0 Å². The summed E-state index contributed by atoms with van der Waals surface area (Å²) in [7, 11) is 0. The number of quaternary nitrogens is 1. The molecule has 1 aromatic carbocycles. The molecule has 2 aromatic rings. The fourth-order valence-corrected chi connectivity index (χ4v) is 4.23. The Hall–Kier alpha value is -2.35. The molecule has 150 valence electrons. The first-order valence-corrected chi connectivity index (χ1v) is 9.73. The summed E-state index contributed by atoms with van der Waals surface area (Å²) in [5.74, 6) is -0.148. The average molecular weight is 393 g/mol. The van der Waals surface area contributed by atoms with E-state index >= 15 is 0 Å². The molecule has 1 aliphatic carbocycles. The van der Waals surface area contributed by atoms with Gasteiger partial charge in [-0.2, -0.15) is 18.3 Å². The van der Waals surface area contributed by atoms with Gasteiger partial charge in [-0.3, -0.25) is 9.48 Å². The molecule has 5 nitrogen and oxygen atoms in total. The number of nitrogens with one attached hydrogen (secondary N) is 1. The summed E-state index contributed by atoms with van der Waals surface area (Å²) in [6, 6.07) is 10.2. The van der Waals surface area contributed by atoms with Crippen LogP contribution in [0.25, 0.3) is 0 Å². The molecule has 8 heteroatoms. The predicted molar refractivity (Wildman–Crippen MR) is 96.7 cm³/mol. The van der Waals surface area contributed by atoms with Crippen molar-refractivity contribution in [2.24, 2.45) is 0 Å². The van der Waals surface area contributed by atoms with Gasteiger partial charge in [0.1, 0.15) is 13.1 Å². The van der Waals surface area contributed by atoms with Gasteiger partial charge >= 0.3 is 6.18 Å². The van der Waals surface area contributed by atoms with Crippen LogP contribution >= 0.6 is 0 Å². The maximum Gasteiger partial charge on any atom is 0.435 e. The van der Waals surface area contributed by atoms with Crippen LogP contribution in [0.1, 0.15) is 28.9 Å². The van der Waals surface area contributed by atoms with Crippen molar-refractivity contribution < 1.29 is 22.9 Å². The largest absolute Gasteiger partial charge is 0.435 e.